The number of nitrogens with zero attached hydrogens (tertiary/aromatic N) is 1. The van der Waals surface area contributed by atoms with Gasteiger partial charge in [-0.05, 0) is 38.5 Å². The van der Waals surface area contributed by atoms with Gasteiger partial charge in [-0.1, -0.05) is 20.8 Å². The van der Waals surface area contributed by atoms with E-state index in [1.807, 2.05) is 6.92 Å². The summed E-state index contributed by atoms with van der Waals surface area (Å²) in [4.78, 5) is 16.6. The molecule has 5 aliphatic rings. The van der Waals surface area contributed by atoms with Crippen LogP contribution in [0.15, 0.2) is 4.99 Å². The van der Waals surface area contributed by atoms with Gasteiger partial charge in [-0.15, -0.1) is 0 Å². The first-order valence-electron chi connectivity index (χ1n) is 9.26. The molecule has 0 amide bonds. The molecule has 130 valence electrons. The second-order valence-corrected chi connectivity index (χ2v) is 8.04. The highest BCUT2D eigenvalue weighted by atomic mass is 17.3. The molecule has 1 saturated carbocycles. The van der Waals surface area contributed by atoms with E-state index in [0.29, 0.717) is 17.8 Å². The molecule has 4 saturated heterocycles. The van der Waals surface area contributed by atoms with Gasteiger partial charge in [-0.25, -0.2) is 9.78 Å². The lowest BCUT2D eigenvalue weighted by molar-refractivity contribution is -0.557. The summed E-state index contributed by atoms with van der Waals surface area (Å²) in [5, 5.41) is 0. The zero-order valence-electron chi connectivity index (χ0n) is 14.7. The molecule has 2 bridgehead atoms. The highest BCUT2D eigenvalue weighted by Crippen LogP contribution is 2.59. The van der Waals surface area contributed by atoms with Crippen molar-refractivity contribution in [3.8, 4) is 0 Å². The Morgan fingerprint density at radius 1 is 1.13 bits per heavy atom. The average molecular weight is 323 g/mol. The monoisotopic (exact) mass is 323 g/mol. The van der Waals surface area contributed by atoms with Crippen molar-refractivity contribution in [1.82, 2.24) is 0 Å². The van der Waals surface area contributed by atoms with Crippen molar-refractivity contribution in [3.05, 3.63) is 0 Å². The normalized spacial score (nSPS) is 53.6. The molecule has 0 aromatic rings. The fourth-order valence-electron chi connectivity index (χ4n) is 5.18. The van der Waals surface area contributed by atoms with E-state index in [1.165, 1.54) is 6.42 Å². The third-order valence-corrected chi connectivity index (χ3v) is 6.49. The molecule has 0 radical (unpaired) electrons. The predicted octanol–water partition coefficient (Wildman–Crippen LogP) is 3.68. The van der Waals surface area contributed by atoms with E-state index >= 15 is 0 Å². The first-order chi connectivity index (χ1) is 11.0. The highest BCUT2D eigenvalue weighted by molar-refractivity contribution is 5.80. The summed E-state index contributed by atoms with van der Waals surface area (Å²) >= 11 is 0. The quantitative estimate of drug-likeness (QED) is 0.727. The zero-order chi connectivity index (χ0) is 16.2. The van der Waals surface area contributed by atoms with Crippen LogP contribution in [0.1, 0.15) is 59.8 Å². The molecule has 4 aliphatic heterocycles. The molecular formula is C18H29NO4. The molecule has 5 fully saturated rings. The minimum atomic E-state index is -0.700. The maximum absolute atomic E-state index is 6.29. The molecule has 0 aromatic heterocycles. The lowest BCUT2D eigenvalue weighted by Crippen LogP contribution is -2.69. The maximum atomic E-state index is 6.29. The number of hydrogen-bond donors (Lipinski definition) is 0. The first-order valence-corrected chi connectivity index (χ1v) is 9.26. The van der Waals surface area contributed by atoms with Crippen LogP contribution in [0.3, 0.4) is 0 Å². The van der Waals surface area contributed by atoms with Crippen LogP contribution in [-0.2, 0) is 19.2 Å². The van der Waals surface area contributed by atoms with Crippen molar-refractivity contribution in [2.75, 3.05) is 6.54 Å². The summed E-state index contributed by atoms with van der Waals surface area (Å²) in [5.74, 6) is 1.77. The molecule has 1 aliphatic carbocycles. The van der Waals surface area contributed by atoms with Crippen molar-refractivity contribution in [3.63, 3.8) is 0 Å². The maximum Gasteiger partial charge on any atom is 0.237 e. The van der Waals surface area contributed by atoms with Crippen molar-refractivity contribution in [1.29, 1.82) is 0 Å². The molecule has 1 spiro atoms. The Morgan fingerprint density at radius 2 is 1.96 bits per heavy atom. The largest absolute Gasteiger partial charge is 0.448 e. The van der Waals surface area contributed by atoms with Crippen LogP contribution >= 0.6 is 0 Å². The lowest BCUT2D eigenvalue weighted by atomic mass is 9.58. The minimum Gasteiger partial charge on any atom is -0.448 e. The van der Waals surface area contributed by atoms with Gasteiger partial charge in [0.1, 0.15) is 0 Å². The second-order valence-electron chi connectivity index (χ2n) is 8.04. The summed E-state index contributed by atoms with van der Waals surface area (Å²) in [5.41, 5.74) is -0.474. The third kappa shape index (κ3) is 2.19. The van der Waals surface area contributed by atoms with Gasteiger partial charge in [0.15, 0.2) is 11.5 Å². The Morgan fingerprint density at radius 3 is 2.74 bits per heavy atom. The van der Waals surface area contributed by atoms with Crippen LogP contribution in [0.25, 0.3) is 0 Å². The van der Waals surface area contributed by atoms with Crippen LogP contribution in [0.4, 0.5) is 0 Å². The number of fused-ring (bicyclic) bond motifs is 2. The van der Waals surface area contributed by atoms with Crippen molar-refractivity contribution < 1.29 is 19.2 Å². The van der Waals surface area contributed by atoms with Gasteiger partial charge in [-0.3, -0.25) is 4.99 Å². The van der Waals surface area contributed by atoms with Crippen molar-refractivity contribution >= 4 is 5.90 Å². The molecule has 5 heteroatoms. The van der Waals surface area contributed by atoms with Crippen LogP contribution in [0.5, 0.6) is 0 Å². The summed E-state index contributed by atoms with van der Waals surface area (Å²) in [6.07, 6.45) is 4.91. The standard InChI is InChI=1S/C18H29NO4/c1-5-10-19-15-12(3)14-7-6-11(2)13-8-9-17(4)21-16(20-15)18(13,14)23-22-17/h11-14,16H,5-10H2,1-4H3/b19-15+. The van der Waals surface area contributed by atoms with E-state index in [9.17, 15) is 0 Å². The molecule has 5 nitrogen and oxygen atoms in total. The molecule has 5 rings (SSSR count). The Kier molecular flexibility index (Phi) is 3.74. The molecule has 0 aromatic carbocycles. The zero-order valence-corrected chi connectivity index (χ0v) is 14.7. The van der Waals surface area contributed by atoms with Gasteiger partial charge in [0, 0.05) is 30.7 Å². The Labute approximate surface area is 138 Å². The fourth-order valence-corrected chi connectivity index (χ4v) is 5.18. The third-order valence-electron chi connectivity index (χ3n) is 6.49. The van der Waals surface area contributed by atoms with Gasteiger partial charge in [0.25, 0.3) is 0 Å². The number of aliphatic imine (C=N–C) groups is 1. The number of ether oxygens (including phenoxy) is 2. The van der Waals surface area contributed by atoms with Crippen LogP contribution < -0.4 is 0 Å². The van der Waals surface area contributed by atoms with Gasteiger partial charge in [0.2, 0.25) is 12.1 Å². The summed E-state index contributed by atoms with van der Waals surface area (Å²) < 4.78 is 12.6. The van der Waals surface area contributed by atoms with Gasteiger partial charge in [-0.2, -0.15) is 0 Å². The van der Waals surface area contributed by atoms with E-state index in [1.54, 1.807) is 0 Å². The van der Waals surface area contributed by atoms with E-state index in [4.69, 9.17) is 24.2 Å². The number of rotatable bonds is 2. The minimum absolute atomic E-state index is 0.252. The smallest absolute Gasteiger partial charge is 0.237 e. The van der Waals surface area contributed by atoms with Crippen LogP contribution in [0, 0.1) is 23.7 Å². The fraction of sp³-hybridized carbons (Fsp3) is 0.944. The van der Waals surface area contributed by atoms with Crippen molar-refractivity contribution in [2.45, 2.75) is 77.5 Å². The van der Waals surface area contributed by atoms with E-state index in [-0.39, 0.29) is 5.92 Å². The van der Waals surface area contributed by atoms with E-state index in [0.717, 1.165) is 38.1 Å². The van der Waals surface area contributed by atoms with Gasteiger partial charge < -0.3 is 9.47 Å². The molecule has 23 heavy (non-hydrogen) atoms. The Balaban J connectivity index is 1.76. The molecule has 7 atom stereocenters. The van der Waals surface area contributed by atoms with Crippen LogP contribution in [0.2, 0.25) is 0 Å². The lowest BCUT2D eigenvalue weighted by Gasteiger charge is -2.58. The second kappa shape index (κ2) is 5.43. The number of hydrogen-bond acceptors (Lipinski definition) is 5. The average Bonchev–Trinajstić information content (AvgIpc) is 2.76. The topological polar surface area (TPSA) is 49.3 Å². The summed E-state index contributed by atoms with van der Waals surface area (Å²) in [7, 11) is 0. The molecule has 0 N–H and O–H groups in total. The Bertz CT molecular complexity index is 509. The summed E-state index contributed by atoms with van der Waals surface area (Å²) in [6, 6.07) is 0. The van der Waals surface area contributed by atoms with Gasteiger partial charge >= 0.3 is 0 Å². The van der Waals surface area contributed by atoms with Gasteiger partial charge in [0.05, 0.1) is 0 Å². The Hall–Kier alpha value is -0.650. The highest BCUT2D eigenvalue weighted by Gasteiger charge is 2.69. The first kappa shape index (κ1) is 15.9. The molecular weight excluding hydrogens is 294 g/mol. The van der Waals surface area contributed by atoms with E-state index in [2.05, 4.69) is 20.8 Å². The van der Waals surface area contributed by atoms with Crippen LogP contribution in [-0.4, -0.2) is 30.1 Å². The molecule has 4 heterocycles. The predicted molar refractivity (Wildman–Crippen MR) is 85.6 cm³/mol. The van der Waals surface area contributed by atoms with E-state index < -0.39 is 17.7 Å². The SMILES string of the molecule is CCC/N=C1/OC2OC3(C)CCC4C(C)CCC(C1C)C24OO3. The molecule has 7 unspecified atom stereocenters. The van der Waals surface area contributed by atoms with Crippen molar-refractivity contribution in [2.24, 2.45) is 28.7 Å². The summed E-state index contributed by atoms with van der Waals surface area (Å²) in [6.45, 7) is 9.46.